The minimum absolute atomic E-state index is 0.196. The molecule has 18 heavy (non-hydrogen) atoms. The molecule has 1 aromatic carbocycles. The van der Waals surface area contributed by atoms with Gasteiger partial charge in [-0.3, -0.25) is 4.79 Å². The number of halogens is 1. The molecule has 1 rings (SSSR count). The lowest BCUT2D eigenvalue weighted by molar-refractivity contribution is -0.121. The van der Waals surface area contributed by atoms with Crippen LogP contribution in [0.25, 0.3) is 0 Å². The van der Waals surface area contributed by atoms with Crippen molar-refractivity contribution in [3.63, 3.8) is 0 Å². The van der Waals surface area contributed by atoms with Gasteiger partial charge < -0.3 is 16.3 Å². The van der Waals surface area contributed by atoms with Gasteiger partial charge in [0.2, 0.25) is 5.91 Å². The summed E-state index contributed by atoms with van der Waals surface area (Å²) >= 11 is 0. The van der Waals surface area contributed by atoms with E-state index in [1.807, 2.05) is 0 Å². The zero-order chi connectivity index (χ0) is 13.9. The molecule has 0 aliphatic heterocycles. The fourth-order valence-electron chi connectivity index (χ4n) is 1.25. The molecule has 5 nitrogen and oxygen atoms in total. The van der Waals surface area contributed by atoms with Gasteiger partial charge in [-0.15, -0.1) is 0 Å². The molecule has 0 atom stereocenters. The first kappa shape index (κ1) is 14.0. The fraction of sp³-hybridized carbons (Fsp3) is 0.333. The molecular weight excluding hydrogens is 237 g/mol. The van der Waals surface area contributed by atoms with Crippen LogP contribution in [0, 0.1) is 18.2 Å². The number of aryl methyl sites for hydroxylation is 1. The van der Waals surface area contributed by atoms with Gasteiger partial charge in [-0.2, -0.15) is 0 Å². The van der Waals surface area contributed by atoms with Gasteiger partial charge in [-0.05, 0) is 44.5 Å². The smallest absolute Gasteiger partial charge is 0.237 e. The molecule has 0 radical (unpaired) electrons. The van der Waals surface area contributed by atoms with E-state index in [1.165, 1.54) is 32.0 Å². The van der Waals surface area contributed by atoms with Gasteiger partial charge in [0.05, 0.1) is 0 Å². The second-order valence-corrected chi connectivity index (χ2v) is 4.53. The second-order valence-electron chi connectivity index (χ2n) is 4.53. The average Bonchev–Trinajstić information content (AvgIpc) is 2.32. The second kappa shape index (κ2) is 5.03. The highest BCUT2D eigenvalue weighted by molar-refractivity contribution is 6.11. The maximum absolute atomic E-state index is 13.1. The summed E-state index contributed by atoms with van der Waals surface area (Å²) in [4.78, 5) is 12.0. The van der Waals surface area contributed by atoms with Crippen molar-refractivity contribution in [2.75, 3.05) is 5.32 Å². The Hall–Kier alpha value is -2.11. The van der Waals surface area contributed by atoms with Crippen molar-refractivity contribution >= 4 is 17.4 Å². The zero-order valence-electron chi connectivity index (χ0n) is 10.5. The summed E-state index contributed by atoms with van der Waals surface area (Å²) in [6.45, 7) is 4.64. The maximum atomic E-state index is 13.1. The van der Waals surface area contributed by atoms with Gasteiger partial charge in [0.1, 0.15) is 11.2 Å². The van der Waals surface area contributed by atoms with Crippen LogP contribution in [-0.2, 0) is 4.79 Å². The van der Waals surface area contributed by atoms with Gasteiger partial charge >= 0.3 is 0 Å². The number of carbonyl (C=O) groups is 1. The Morgan fingerprint density at radius 2 is 2.11 bits per heavy atom. The van der Waals surface area contributed by atoms with E-state index in [0.29, 0.717) is 11.3 Å². The molecule has 0 saturated heterocycles. The molecule has 0 aliphatic carbocycles. The number of carbonyl (C=O) groups excluding carboxylic acids is 1. The molecule has 6 heteroatoms. The third-order valence-corrected chi connectivity index (χ3v) is 2.73. The molecule has 0 fully saturated rings. The molecule has 0 saturated carbocycles. The molecule has 0 unspecified atom stereocenters. The van der Waals surface area contributed by atoms with E-state index in [1.54, 1.807) is 6.92 Å². The van der Waals surface area contributed by atoms with E-state index >= 15 is 0 Å². The lowest BCUT2D eigenvalue weighted by Crippen LogP contribution is -2.42. The Balaban J connectivity index is 2.91. The predicted molar refractivity (Wildman–Crippen MR) is 67.0 cm³/mol. The summed E-state index contributed by atoms with van der Waals surface area (Å²) in [5.41, 5.74) is 5.16. The summed E-state index contributed by atoms with van der Waals surface area (Å²) in [5.74, 6) is -0.980. The van der Waals surface area contributed by atoms with Gasteiger partial charge in [-0.25, -0.2) is 4.39 Å². The van der Waals surface area contributed by atoms with Crippen LogP contribution in [0.15, 0.2) is 23.4 Å². The van der Waals surface area contributed by atoms with Crippen molar-refractivity contribution in [1.29, 1.82) is 0 Å². The van der Waals surface area contributed by atoms with E-state index in [0.717, 1.165) is 0 Å². The van der Waals surface area contributed by atoms with Crippen LogP contribution in [0.2, 0.25) is 0 Å². The quantitative estimate of drug-likeness (QED) is 0.332. The SMILES string of the molecule is Cc1cc(NC(=O)C(C)(C)C(N)=NO)ccc1F. The number of amides is 1. The Morgan fingerprint density at radius 1 is 1.50 bits per heavy atom. The number of nitrogens with two attached hydrogens (primary N) is 1. The molecule has 0 aromatic heterocycles. The van der Waals surface area contributed by atoms with Crippen molar-refractivity contribution in [2.45, 2.75) is 20.8 Å². The number of rotatable bonds is 3. The summed E-state index contributed by atoms with van der Waals surface area (Å²) in [5, 5.41) is 14.0. The van der Waals surface area contributed by atoms with Gasteiger partial charge in [0, 0.05) is 5.69 Å². The van der Waals surface area contributed by atoms with E-state index < -0.39 is 11.3 Å². The molecule has 1 amide bonds. The first-order valence-corrected chi connectivity index (χ1v) is 5.34. The summed E-state index contributed by atoms with van der Waals surface area (Å²) in [6.07, 6.45) is 0. The Morgan fingerprint density at radius 3 is 2.61 bits per heavy atom. The van der Waals surface area contributed by atoms with Crippen LogP contribution in [0.1, 0.15) is 19.4 Å². The monoisotopic (exact) mass is 253 g/mol. The summed E-state index contributed by atoms with van der Waals surface area (Å²) in [6, 6.07) is 4.22. The highest BCUT2D eigenvalue weighted by Crippen LogP contribution is 2.20. The number of oxime groups is 1. The van der Waals surface area contributed by atoms with Gasteiger partial charge in [0.15, 0.2) is 5.84 Å². The van der Waals surface area contributed by atoms with E-state index in [4.69, 9.17) is 10.9 Å². The maximum Gasteiger partial charge on any atom is 0.237 e. The highest BCUT2D eigenvalue weighted by Gasteiger charge is 2.32. The Kier molecular flexibility index (Phi) is 3.90. The standard InChI is InChI=1S/C12H16FN3O2/c1-7-6-8(4-5-9(7)13)15-11(17)12(2,3)10(14)16-18/h4-6,18H,1-3H3,(H2,14,16)(H,15,17). The number of anilines is 1. The topological polar surface area (TPSA) is 87.7 Å². The number of hydrogen-bond acceptors (Lipinski definition) is 3. The first-order valence-electron chi connectivity index (χ1n) is 5.34. The minimum atomic E-state index is -1.16. The number of nitrogens with one attached hydrogen (secondary N) is 1. The molecule has 4 N–H and O–H groups in total. The normalized spacial score (nSPS) is 12.3. The zero-order valence-corrected chi connectivity index (χ0v) is 10.5. The van der Waals surface area contributed by atoms with Crippen molar-refractivity contribution in [3.05, 3.63) is 29.6 Å². The van der Waals surface area contributed by atoms with Crippen LogP contribution in [0.4, 0.5) is 10.1 Å². The van der Waals surface area contributed by atoms with Crippen LogP contribution >= 0.6 is 0 Å². The average molecular weight is 253 g/mol. The number of benzene rings is 1. The third kappa shape index (κ3) is 2.77. The van der Waals surface area contributed by atoms with E-state index in [-0.39, 0.29) is 11.7 Å². The summed E-state index contributed by atoms with van der Waals surface area (Å²) in [7, 11) is 0. The largest absolute Gasteiger partial charge is 0.409 e. The third-order valence-electron chi connectivity index (χ3n) is 2.73. The summed E-state index contributed by atoms with van der Waals surface area (Å²) < 4.78 is 13.1. The number of amidine groups is 1. The molecule has 0 bridgehead atoms. The van der Waals surface area contributed by atoms with Crippen LogP contribution in [0.5, 0.6) is 0 Å². The minimum Gasteiger partial charge on any atom is -0.409 e. The first-order chi connectivity index (χ1) is 8.28. The highest BCUT2D eigenvalue weighted by atomic mass is 19.1. The molecule has 0 spiro atoms. The predicted octanol–water partition coefficient (Wildman–Crippen LogP) is 1.85. The van der Waals surface area contributed by atoms with Crippen molar-refractivity contribution in [1.82, 2.24) is 0 Å². The van der Waals surface area contributed by atoms with Gasteiger partial charge in [0.25, 0.3) is 0 Å². The van der Waals surface area contributed by atoms with Crippen molar-refractivity contribution in [3.8, 4) is 0 Å². The molecular formula is C12H16FN3O2. The Labute approximate surface area is 104 Å². The molecule has 98 valence electrons. The van der Waals surface area contributed by atoms with Crippen LogP contribution in [-0.4, -0.2) is 17.0 Å². The molecule has 0 heterocycles. The van der Waals surface area contributed by atoms with E-state index in [2.05, 4.69) is 10.5 Å². The molecule has 1 aromatic rings. The van der Waals surface area contributed by atoms with Crippen LogP contribution in [0.3, 0.4) is 0 Å². The fourth-order valence-corrected chi connectivity index (χ4v) is 1.25. The number of hydrogen-bond donors (Lipinski definition) is 3. The van der Waals surface area contributed by atoms with E-state index in [9.17, 15) is 9.18 Å². The van der Waals surface area contributed by atoms with Crippen molar-refractivity contribution < 1.29 is 14.4 Å². The van der Waals surface area contributed by atoms with Crippen molar-refractivity contribution in [2.24, 2.45) is 16.3 Å². The van der Waals surface area contributed by atoms with Crippen LogP contribution < -0.4 is 11.1 Å². The Bertz CT molecular complexity index is 498. The molecule has 0 aliphatic rings. The number of nitrogens with zero attached hydrogens (tertiary/aromatic N) is 1. The lowest BCUT2D eigenvalue weighted by Gasteiger charge is -2.21. The van der Waals surface area contributed by atoms with Gasteiger partial charge in [-0.1, -0.05) is 5.16 Å². The lowest BCUT2D eigenvalue weighted by atomic mass is 9.91.